The summed E-state index contributed by atoms with van der Waals surface area (Å²) in [7, 11) is 0. The van der Waals surface area contributed by atoms with Gasteiger partial charge in [0.15, 0.2) is 0 Å². The zero-order valence-electron chi connectivity index (χ0n) is 19.6. The molecule has 0 aliphatic heterocycles. The summed E-state index contributed by atoms with van der Waals surface area (Å²) < 4.78 is 5.22. The quantitative estimate of drug-likeness (QED) is 0.475. The van der Waals surface area contributed by atoms with E-state index in [2.05, 4.69) is 17.6 Å². The predicted molar refractivity (Wildman–Crippen MR) is 122 cm³/mol. The lowest BCUT2D eigenvalue weighted by molar-refractivity contribution is -0.145. The standard InChI is InChI=1S/C24H37N3O5/c1-5-6-9-15-25-22(30)21(18-13-7-8-14-19(18)28)27(17-11-10-12-17)20(29)16-26-23(31)32-24(2,3)4/h7-8,13-14,17,21,28H,5-6,9-12,15-16H2,1-4H3,(H,25,30)(H,26,31). The average Bonchev–Trinajstić information content (AvgIpc) is 2.67. The summed E-state index contributed by atoms with van der Waals surface area (Å²) in [5, 5.41) is 15.9. The third-order valence-electron chi connectivity index (χ3n) is 5.38. The number of unbranched alkanes of at least 4 members (excludes halogenated alkanes) is 2. The van der Waals surface area contributed by atoms with E-state index in [9.17, 15) is 19.5 Å². The first-order chi connectivity index (χ1) is 15.1. The van der Waals surface area contributed by atoms with Crippen molar-refractivity contribution in [1.29, 1.82) is 0 Å². The minimum Gasteiger partial charge on any atom is -0.508 e. The lowest BCUT2D eigenvalue weighted by Gasteiger charge is -2.42. The fourth-order valence-corrected chi connectivity index (χ4v) is 3.60. The lowest BCUT2D eigenvalue weighted by Crippen LogP contribution is -2.54. The second-order valence-electron chi connectivity index (χ2n) is 9.20. The van der Waals surface area contributed by atoms with Gasteiger partial charge in [0.2, 0.25) is 11.8 Å². The number of para-hydroxylation sites is 1. The Balaban J connectivity index is 2.24. The van der Waals surface area contributed by atoms with Crippen molar-refractivity contribution in [3.05, 3.63) is 29.8 Å². The Labute approximate surface area is 190 Å². The highest BCUT2D eigenvalue weighted by Crippen LogP contribution is 2.36. The van der Waals surface area contributed by atoms with Crippen molar-refractivity contribution in [2.24, 2.45) is 0 Å². The molecule has 1 unspecified atom stereocenters. The molecule has 8 nitrogen and oxygen atoms in total. The summed E-state index contributed by atoms with van der Waals surface area (Å²) >= 11 is 0. The number of amides is 3. The molecule has 32 heavy (non-hydrogen) atoms. The number of carbonyl (C=O) groups is 3. The van der Waals surface area contributed by atoms with Gasteiger partial charge in [-0.25, -0.2) is 4.79 Å². The van der Waals surface area contributed by atoms with Crippen LogP contribution in [0.15, 0.2) is 24.3 Å². The molecule has 0 heterocycles. The Morgan fingerprint density at radius 2 is 1.84 bits per heavy atom. The van der Waals surface area contributed by atoms with E-state index in [1.54, 1.807) is 39.0 Å². The number of rotatable bonds is 10. The van der Waals surface area contributed by atoms with Crippen LogP contribution < -0.4 is 10.6 Å². The van der Waals surface area contributed by atoms with Crippen molar-refractivity contribution in [3.8, 4) is 5.75 Å². The Kier molecular flexibility index (Phi) is 9.35. The first-order valence-corrected chi connectivity index (χ1v) is 11.5. The van der Waals surface area contributed by atoms with Gasteiger partial charge in [-0.15, -0.1) is 0 Å². The molecule has 0 radical (unpaired) electrons. The van der Waals surface area contributed by atoms with E-state index in [4.69, 9.17) is 4.74 Å². The minimum atomic E-state index is -0.976. The summed E-state index contributed by atoms with van der Waals surface area (Å²) in [4.78, 5) is 40.1. The molecule has 1 aromatic carbocycles. The number of carbonyl (C=O) groups excluding carboxylic acids is 3. The van der Waals surface area contributed by atoms with Crippen LogP contribution in [0.2, 0.25) is 0 Å². The highest BCUT2D eigenvalue weighted by Gasteiger charge is 2.39. The molecule has 1 saturated carbocycles. The second kappa shape index (κ2) is 11.7. The number of ether oxygens (including phenoxy) is 1. The zero-order valence-corrected chi connectivity index (χ0v) is 19.6. The number of hydrogen-bond acceptors (Lipinski definition) is 5. The van der Waals surface area contributed by atoms with Gasteiger partial charge in [-0.05, 0) is 52.5 Å². The van der Waals surface area contributed by atoms with E-state index >= 15 is 0 Å². The van der Waals surface area contributed by atoms with Gasteiger partial charge in [0.05, 0.1) is 0 Å². The summed E-state index contributed by atoms with van der Waals surface area (Å²) in [6.07, 6.45) is 4.67. The third kappa shape index (κ3) is 7.43. The van der Waals surface area contributed by atoms with Gasteiger partial charge >= 0.3 is 6.09 Å². The Morgan fingerprint density at radius 1 is 1.16 bits per heavy atom. The maximum atomic E-state index is 13.2. The molecule has 1 aromatic rings. The molecule has 1 aliphatic rings. The Bertz CT molecular complexity index is 786. The topological polar surface area (TPSA) is 108 Å². The smallest absolute Gasteiger partial charge is 0.408 e. The fourth-order valence-electron chi connectivity index (χ4n) is 3.60. The van der Waals surface area contributed by atoms with Crippen molar-refractivity contribution < 1.29 is 24.2 Å². The van der Waals surface area contributed by atoms with Gasteiger partial charge in [0.1, 0.15) is 23.9 Å². The summed E-state index contributed by atoms with van der Waals surface area (Å²) in [6, 6.07) is 5.47. The zero-order chi connectivity index (χ0) is 23.7. The Morgan fingerprint density at radius 3 is 2.41 bits per heavy atom. The molecular weight excluding hydrogens is 410 g/mol. The number of benzene rings is 1. The van der Waals surface area contributed by atoms with Gasteiger partial charge in [-0.1, -0.05) is 38.0 Å². The molecule has 3 N–H and O–H groups in total. The van der Waals surface area contributed by atoms with Crippen molar-refractivity contribution in [3.63, 3.8) is 0 Å². The van der Waals surface area contributed by atoms with Gasteiger partial charge in [-0.3, -0.25) is 9.59 Å². The SMILES string of the molecule is CCCCCNC(=O)C(c1ccccc1O)N(C(=O)CNC(=O)OC(C)(C)C)C1CCC1. The molecule has 1 aliphatic carbocycles. The highest BCUT2D eigenvalue weighted by atomic mass is 16.6. The first-order valence-electron chi connectivity index (χ1n) is 11.5. The van der Waals surface area contributed by atoms with Gasteiger partial charge < -0.3 is 25.4 Å². The largest absolute Gasteiger partial charge is 0.508 e. The van der Waals surface area contributed by atoms with Crippen LogP contribution in [0.3, 0.4) is 0 Å². The van der Waals surface area contributed by atoms with Gasteiger partial charge in [0, 0.05) is 18.2 Å². The molecule has 1 atom stereocenters. The van der Waals surface area contributed by atoms with Crippen LogP contribution in [0, 0.1) is 0 Å². The first kappa shape index (κ1) is 25.5. The van der Waals surface area contributed by atoms with Crippen molar-refractivity contribution in [1.82, 2.24) is 15.5 Å². The molecule has 0 bridgehead atoms. The second-order valence-corrected chi connectivity index (χ2v) is 9.20. The normalized spacial score (nSPS) is 14.8. The molecule has 0 aromatic heterocycles. The maximum Gasteiger partial charge on any atom is 0.408 e. The van der Waals surface area contributed by atoms with Crippen LogP contribution in [-0.2, 0) is 14.3 Å². The van der Waals surface area contributed by atoms with Gasteiger partial charge in [0.25, 0.3) is 0 Å². The number of phenolic OH excluding ortho intramolecular Hbond substituents is 1. The van der Waals surface area contributed by atoms with E-state index in [1.807, 2.05) is 0 Å². The molecule has 1 fully saturated rings. The third-order valence-corrected chi connectivity index (χ3v) is 5.38. The predicted octanol–water partition coefficient (Wildman–Crippen LogP) is 3.65. The number of phenols is 1. The summed E-state index contributed by atoms with van der Waals surface area (Å²) in [6.45, 7) is 7.52. The summed E-state index contributed by atoms with van der Waals surface area (Å²) in [5.41, 5.74) is -0.310. The van der Waals surface area contributed by atoms with Crippen molar-refractivity contribution in [2.45, 2.75) is 83.9 Å². The van der Waals surface area contributed by atoms with E-state index in [0.717, 1.165) is 38.5 Å². The number of aromatic hydroxyl groups is 1. The molecule has 0 saturated heterocycles. The maximum absolute atomic E-state index is 13.2. The van der Waals surface area contributed by atoms with Crippen LogP contribution in [0.25, 0.3) is 0 Å². The summed E-state index contributed by atoms with van der Waals surface area (Å²) in [5.74, 6) is -0.768. The van der Waals surface area contributed by atoms with Crippen LogP contribution in [-0.4, -0.2) is 52.6 Å². The number of alkyl carbamates (subject to hydrolysis) is 1. The monoisotopic (exact) mass is 447 g/mol. The molecule has 3 amide bonds. The van der Waals surface area contributed by atoms with Crippen LogP contribution in [0.1, 0.15) is 77.8 Å². The fraction of sp³-hybridized carbons (Fsp3) is 0.625. The Hall–Kier alpha value is -2.77. The number of nitrogens with one attached hydrogen (secondary N) is 2. The molecule has 0 spiro atoms. The minimum absolute atomic E-state index is 0.0431. The lowest BCUT2D eigenvalue weighted by atomic mass is 9.88. The van der Waals surface area contributed by atoms with E-state index in [0.29, 0.717) is 12.1 Å². The molecular formula is C24H37N3O5. The van der Waals surface area contributed by atoms with E-state index in [-0.39, 0.29) is 24.2 Å². The van der Waals surface area contributed by atoms with Crippen LogP contribution in [0.4, 0.5) is 4.79 Å². The highest BCUT2D eigenvalue weighted by molar-refractivity contribution is 5.91. The number of hydrogen-bond donors (Lipinski definition) is 3. The van der Waals surface area contributed by atoms with Crippen LogP contribution in [0.5, 0.6) is 5.75 Å². The van der Waals surface area contributed by atoms with Gasteiger partial charge in [-0.2, -0.15) is 0 Å². The molecule has 8 heteroatoms. The van der Waals surface area contributed by atoms with Crippen molar-refractivity contribution >= 4 is 17.9 Å². The molecule has 178 valence electrons. The number of nitrogens with zero attached hydrogens (tertiary/aromatic N) is 1. The molecule has 2 rings (SSSR count). The van der Waals surface area contributed by atoms with E-state index in [1.165, 1.54) is 11.0 Å². The van der Waals surface area contributed by atoms with Crippen molar-refractivity contribution in [2.75, 3.05) is 13.1 Å². The van der Waals surface area contributed by atoms with Crippen LogP contribution >= 0.6 is 0 Å². The average molecular weight is 448 g/mol. The van der Waals surface area contributed by atoms with E-state index < -0.39 is 23.6 Å².